The summed E-state index contributed by atoms with van der Waals surface area (Å²) >= 11 is 0. The van der Waals surface area contributed by atoms with Crippen molar-refractivity contribution in [2.24, 2.45) is 5.92 Å². The van der Waals surface area contributed by atoms with Crippen LogP contribution in [-0.4, -0.2) is 33.1 Å². The first kappa shape index (κ1) is 24.8. The Bertz CT molecular complexity index is 1490. The van der Waals surface area contributed by atoms with Gasteiger partial charge in [-0.2, -0.15) is 13.2 Å². The van der Waals surface area contributed by atoms with Gasteiger partial charge in [0.1, 0.15) is 17.6 Å². The molecule has 2 aromatic carbocycles. The lowest BCUT2D eigenvalue weighted by molar-refractivity contribution is -0.166. The first-order valence-electron chi connectivity index (χ1n) is 13.2. The van der Waals surface area contributed by atoms with Gasteiger partial charge in [0.25, 0.3) is 5.91 Å². The number of rotatable bonds is 5. The average Bonchev–Trinajstić information content (AvgIpc) is 3.28. The summed E-state index contributed by atoms with van der Waals surface area (Å²) in [5, 5.41) is 3.67. The Kier molecular flexibility index (Phi) is 6.32. The lowest BCUT2D eigenvalue weighted by Crippen LogP contribution is -2.39. The zero-order valence-electron chi connectivity index (χ0n) is 20.7. The molecule has 4 aromatic rings. The van der Waals surface area contributed by atoms with E-state index in [9.17, 15) is 22.4 Å². The first-order valence-corrected chi connectivity index (χ1v) is 13.2. The standard InChI is InChI=1S/C29H28F4N4O/c30-19-9-11-23-22(15-19)21(12-13-34-23)16-4-6-17(7-5-16)26(29(31,32)33)27-36-24-10-8-18(14-25(24)37-27)28(38)35-20-2-1-3-20/h8-17,20,26H,1-7H2,(H,35,38)(H,36,37). The van der Waals surface area contributed by atoms with Gasteiger partial charge in [-0.05, 0) is 105 Å². The molecule has 6 rings (SSSR count). The number of halogens is 4. The lowest BCUT2D eigenvalue weighted by atomic mass is 9.73. The smallest absolute Gasteiger partial charge is 0.349 e. The molecule has 2 fully saturated rings. The number of imidazole rings is 1. The molecule has 1 amide bonds. The predicted molar refractivity (Wildman–Crippen MR) is 136 cm³/mol. The molecular formula is C29H28F4N4O. The van der Waals surface area contributed by atoms with E-state index in [-0.39, 0.29) is 29.5 Å². The molecule has 1 unspecified atom stereocenters. The number of nitrogens with one attached hydrogen (secondary N) is 2. The lowest BCUT2D eigenvalue weighted by Gasteiger charge is -2.34. The van der Waals surface area contributed by atoms with Crippen LogP contribution >= 0.6 is 0 Å². The molecule has 38 heavy (non-hydrogen) atoms. The fourth-order valence-electron chi connectivity index (χ4n) is 6.04. The molecule has 0 saturated heterocycles. The second kappa shape index (κ2) is 9.67. The molecule has 1 atom stereocenters. The number of amides is 1. The number of benzene rings is 2. The van der Waals surface area contributed by atoms with Crippen LogP contribution in [0.15, 0.2) is 48.7 Å². The molecule has 198 valence electrons. The van der Waals surface area contributed by atoms with E-state index < -0.39 is 18.0 Å². The summed E-state index contributed by atoms with van der Waals surface area (Å²) in [7, 11) is 0. The molecule has 2 aromatic heterocycles. The van der Waals surface area contributed by atoms with E-state index in [0.29, 0.717) is 47.8 Å². The van der Waals surface area contributed by atoms with Crippen molar-refractivity contribution in [3.8, 4) is 0 Å². The summed E-state index contributed by atoms with van der Waals surface area (Å²) in [4.78, 5) is 24.1. The third-order valence-corrected chi connectivity index (χ3v) is 8.27. The topological polar surface area (TPSA) is 70.7 Å². The zero-order valence-corrected chi connectivity index (χ0v) is 20.7. The Morgan fingerprint density at radius 1 is 0.974 bits per heavy atom. The van der Waals surface area contributed by atoms with Crippen molar-refractivity contribution >= 4 is 27.8 Å². The maximum atomic E-state index is 14.4. The second-order valence-electron chi connectivity index (χ2n) is 10.6. The summed E-state index contributed by atoms with van der Waals surface area (Å²) in [6, 6.07) is 11.3. The molecule has 0 bridgehead atoms. The number of aromatic nitrogens is 3. The molecule has 0 radical (unpaired) electrons. The van der Waals surface area contributed by atoms with E-state index in [0.717, 1.165) is 30.2 Å². The molecule has 9 heteroatoms. The van der Waals surface area contributed by atoms with Crippen molar-refractivity contribution < 1.29 is 22.4 Å². The third-order valence-electron chi connectivity index (χ3n) is 8.27. The van der Waals surface area contributed by atoms with Gasteiger partial charge >= 0.3 is 6.18 Å². The number of hydrogen-bond acceptors (Lipinski definition) is 3. The Morgan fingerprint density at radius 2 is 1.76 bits per heavy atom. The van der Waals surface area contributed by atoms with E-state index in [4.69, 9.17) is 0 Å². The van der Waals surface area contributed by atoms with Crippen LogP contribution in [0.25, 0.3) is 21.9 Å². The molecule has 0 spiro atoms. The quantitative estimate of drug-likeness (QED) is 0.272. The number of carbonyl (C=O) groups is 1. The van der Waals surface area contributed by atoms with Crippen molar-refractivity contribution in [3.05, 3.63) is 71.4 Å². The highest BCUT2D eigenvalue weighted by atomic mass is 19.4. The Labute approximate surface area is 217 Å². The van der Waals surface area contributed by atoms with E-state index in [1.54, 1.807) is 30.5 Å². The summed E-state index contributed by atoms with van der Waals surface area (Å²) in [6.07, 6.45) is 2.08. The van der Waals surface area contributed by atoms with Gasteiger partial charge in [-0.15, -0.1) is 0 Å². The van der Waals surface area contributed by atoms with Crippen molar-refractivity contribution in [2.75, 3.05) is 0 Å². The van der Waals surface area contributed by atoms with Crippen LogP contribution in [0, 0.1) is 11.7 Å². The third kappa shape index (κ3) is 4.74. The predicted octanol–water partition coefficient (Wildman–Crippen LogP) is 7.15. The summed E-state index contributed by atoms with van der Waals surface area (Å²) in [5.74, 6) is -3.00. The number of pyridine rings is 1. The van der Waals surface area contributed by atoms with E-state index in [1.165, 1.54) is 12.1 Å². The van der Waals surface area contributed by atoms with Crippen LogP contribution < -0.4 is 5.32 Å². The van der Waals surface area contributed by atoms with Gasteiger partial charge in [-0.25, -0.2) is 9.37 Å². The Morgan fingerprint density at radius 3 is 2.47 bits per heavy atom. The van der Waals surface area contributed by atoms with Crippen LogP contribution in [0.5, 0.6) is 0 Å². The maximum Gasteiger partial charge on any atom is 0.399 e. The molecule has 2 aliphatic rings. The number of carbonyl (C=O) groups excluding carboxylic acids is 1. The molecule has 5 nitrogen and oxygen atoms in total. The minimum Gasteiger partial charge on any atom is -0.349 e. The molecule has 2 aliphatic carbocycles. The summed E-state index contributed by atoms with van der Waals surface area (Å²) < 4.78 is 57.2. The van der Waals surface area contributed by atoms with Crippen LogP contribution in [0.3, 0.4) is 0 Å². The Hall–Kier alpha value is -3.49. The summed E-state index contributed by atoms with van der Waals surface area (Å²) in [6.45, 7) is 0. The van der Waals surface area contributed by atoms with Crippen LogP contribution in [0.4, 0.5) is 17.6 Å². The van der Waals surface area contributed by atoms with Crippen LogP contribution in [0.2, 0.25) is 0 Å². The normalized spacial score (nSPS) is 21.4. The van der Waals surface area contributed by atoms with Gasteiger partial charge in [0.15, 0.2) is 0 Å². The number of H-pyrrole nitrogens is 1. The average molecular weight is 525 g/mol. The van der Waals surface area contributed by atoms with E-state index >= 15 is 0 Å². The molecule has 2 N–H and O–H groups in total. The SMILES string of the molecule is O=C(NC1CCC1)c1ccc2[nH]c(C(C3CCC(c4ccnc5ccc(F)cc45)CC3)C(F)(F)F)nc2c1. The van der Waals surface area contributed by atoms with Crippen molar-refractivity contribution in [3.63, 3.8) is 0 Å². The highest BCUT2D eigenvalue weighted by molar-refractivity contribution is 5.97. The zero-order chi connectivity index (χ0) is 26.4. The Balaban J connectivity index is 1.23. The molecular weight excluding hydrogens is 496 g/mol. The molecule has 2 saturated carbocycles. The largest absolute Gasteiger partial charge is 0.399 e. The first-order chi connectivity index (χ1) is 18.3. The second-order valence-corrected chi connectivity index (χ2v) is 10.6. The minimum absolute atomic E-state index is 0.0415. The van der Waals surface area contributed by atoms with Gasteiger partial charge in [-0.3, -0.25) is 9.78 Å². The van der Waals surface area contributed by atoms with Crippen molar-refractivity contribution in [1.82, 2.24) is 20.3 Å². The number of nitrogens with zero attached hydrogens (tertiary/aromatic N) is 2. The van der Waals surface area contributed by atoms with Gasteiger partial charge in [0.05, 0.1) is 16.6 Å². The maximum absolute atomic E-state index is 14.4. The van der Waals surface area contributed by atoms with E-state index in [2.05, 4.69) is 20.3 Å². The number of alkyl halides is 3. The van der Waals surface area contributed by atoms with Crippen LogP contribution in [0.1, 0.15) is 78.5 Å². The summed E-state index contributed by atoms with van der Waals surface area (Å²) in [5.41, 5.74) is 2.85. The van der Waals surface area contributed by atoms with Crippen molar-refractivity contribution in [2.45, 2.75) is 69.0 Å². The monoisotopic (exact) mass is 524 g/mol. The fraction of sp³-hybridized carbons (Fsp3) is 0.414. The number of fused-ring (bicyclic) bond motifs is 2. The van der Waals surface area contributed by atoms with Crippen molar-refractivity contribution in [1.29, 1.82) is 0 Å². The van der Waals surface area contributed by atoms with Crippen LogP contribution in [-0.2, 0) is 0 Å². The van der Waals surface area contributed by atoms with E-state index in [1.807, 2.05) is 6.07 Å². The van der Waals surface area contributed by atoms with Gasteiger partial charge in [0.2, 0.25) is 0 Å². The highest BCUT2D eigenvalue weighted by Crippen LogP contribution is 2.48. The highest BCUT2D eigenvalue weighted by Gasteiger charge is 2.48. The number of aromatic amines is 1. The van der Waals surface area contributed by atoms with Gasteiger partial charge in [0, 0.05) is 23.2 Å². The molecule has 0 aliphatic heterocycles. The molecule has 2 heterocycles. The van der Waals surface area contributed by atoms with Gasteiger partial charge < -0.3 is 10.3 Å². The number of hydrogen-bond donors (Lipinski definition) is 2. The minimum atomic E-state index is -4.47. The fourth-order valence-corrected chi connectivity index (χ4v) is 6.04. The van der Waals surface area contributed by atoms with Gasteiger partial charge in [-0.1, -0.05) is 0 Å².